The first-order valence-corrected chi connectivity index (χ1v) is 13.6. The fourth-order valence-electron chi connectivity index (χ4n) is 4.51. The molecule has 0 saturated carbocycles. The van der Waals surface area contributed by atoms with Crippen molar-refractivity contribution in [3.8, 4) is 22.6 Å². The van der Waals surface area contributed by atoms with Gasteiger partial charge >= 0.3 is 0 Å². The normalized spacial score (nSPS) is 11.8. The van der Waals surface area contributed by atoms with Crippen molar-refractivity contribution in [2.75, 3.05) is 5.75 Å². The Bertz CT molecular complexity index is 1500. The van der Waals surface area contributed by atoms with E-state index in [1.54, 1.807) is 0 Å². The van der Waals surface area contributed by atoms with E-state index in [0.717, 1.165) is 46.5 Å². The van der Waals surface area contributed by atoms with Crippen molar-refractivity contribution < 1.29 is 4.79 Å². The first kappa shape index (κ1) is 26.3. The molecule has 10 heteroatoms. The third kappa shape index (κ3) is 6.40. The molecule has 0 radical (unpaired) electrons. The van der Waals surface area contributed by atoms with E-state index in [4.69, 9.17) is 4.98 Å². The van der Waals surface area contributed by atoms with Crippen LogP contribution in [-0.2, 0) is 19.4 Å². The van der Waals surface area contributed by atoms with Gasteiger partial charge in [0.05, 0.1) is 12.2 Å². The molecule has 0 aliphatic rings. The predicted molar refractivity (Wildman–Crippen MR) is 153 cm³/mol. The molecule has 3 aromatic heterocycles. The van der Waals surface area contributed by atoms with Crippen LogP contribution in [0, 0.1) is 0 Å². The number of hydrogen-bond acceptors (Lipinski definition) is 7. The number of pyridine rings is 1. The molecule has 39 heavy (non-hydrogen) atoms. The molecule has 0 bridgehead atoms. The van der Waals surface area contributed by atoms with Crippen LogP contribution in [0.1, 0.15) is 40.7 Å². The van der Waals surface area contributed by atoms with Crippen molar-refractivity contribution >= 4 is 18.5 Å². The van der Waals surface area contributed by atoms with E-state index in [9.17, 15) is 4.79 Å². The molecule has 0 aliphatic carbocycles. The van der Waals surface area contributed by atoms with Crippen molar-refractivity contribution in [2.45, 2.75) is 38.8 Å². The quantitative estimate of drug-likeness (QED) is 0.215. The Hall–Kier alpha value is -4.31. The van der Waals surface area contributed by atoms with E-state index in [0.29, 0.717) is 30.2 Å². The van der Waals surface area contributed by atoms with Crippen molar-refractivity contribution in [3.05, 3.63) is 102 Å². The summed E-state index contributed by atoms with van der Waals surface area (Å²) in [6.45, 7) is 2.63. The van der Waals surface area contributed by atoms with Crippen LogP contribution in [0.4, 0.5) is 0 Å². The lowest BCUT2D eigenvalue weighted by Crippen LogP contribution is -2.38. The Morgan fingerprint density at radius 3 is 2.51 bits per heavy atom. The standard InChI is InChI=1S/C29H30N8OS/c1-2-8-23-16-27(29(38)31-22(19-39)15-20-9-4-3-5-10-20)34-37(23)18-21-13-14-26(30-17-21)24-11-6-7-12-25(24)28-32-35-36-33-28/h3-7,9-14,16-17,22,39H,2,8,15,18-19H2,1H3,(H,31,38)(H,32,33,35,36)/t22-/m1/s1. The van der Waals surface area contributed by atoms with E-state index < -0.39 is 0 Å². The summed E-state index contributed by atoms with van der Waals surface area (Å²) in [5, 5.41) is 22.2. The van der Waals surface area contributed by atoms with Crippen LogP contribution in [0.15, 0.2) is 79.0 Å². The minimum absolute atomic E-state index is 0.0879. The first-order valence-electron chi connectivity index (χ1n) is 12.9. The summed E-state index contributed by atoms with van der Waals surface area (Å²) < 4.78 is 1.90. The van der Waals surface area contributed by atoms with Crippen molar-refractivity contribution in [1.82, 2.24) is 40.7 Å². The maximum atomic E-state index is 13.1. The number of aromatic amines is 1. The van der Waals surface area contributed by atoms with Crippen LogP contribution >= 0.6 is 12.6 Å². The summed E-state index contributed by atoms with van der Waals surface area (Å²) in [7, 11) is 0. The van der Waals surface area contributed by atoms with Gasteiger partial charge in [-0.15, -0.1) is 10.2 Å². The number of hydrogen-bond donors (Lipinski definition) is 3. The second kappa shape index (κ2) is 12.5. The molecule has 0 aliphatic heterocycles. The summed E-state index contributed by atoms with van der Waals surface area (Å²) >= 11 is 4.46. The van der Waals surface area contributed by atoms with Gasteiger partial charge in [-0.1, -0.05) is 74.0 Å². The Morgan fingerprint density at radius 1 is 1.03 bits per heavy atom. The third-order valence-corrected chi connectivity index (χ3v) is 6.87. The van der Waals surface area contributed by atoms with E-state index in [-0.39, 0.29) is 11.9 Å². The van der Waals surface area contributed by atoms with Gasteiger partial charge in [-0.2, -0.15) is 22.9 Å². The van der Waals surface area contributed by atoms with Crippen molar-refractivity contribution in [2.24, 2.45) is 0 Å². The average Bonchev–Trinajstić information content (AvgIpc) is 3.65. The molecule has 198 valence electrons. The molecular weight excluding hydrogens is 508 g/mol. The molecule has 2 N–H and O–H groups in total. The summed E-state index contributed by atoms with van der Waals surface area (Å²) in [5.74, 6) is 0.872. The molecule has 5 aromatic rings. The number of aromatic nitrogens is 7. The summed E-state index contributed by atoms with van der Waals surface area (Å²) in [5.41, 5.74) is 6.15. The summed E-state index contributed by atoms with van der Waals surface area (Å²) in [6.07, 6.45) is 4.33. The molecule has 1 amide bonds. The fraction of sp³-hybridized carbons (Fsp3) is 0.241. The van der Waals surface area contributed by atoms with Gasteiger partial charge in [0.1, 0.15) is 5.69 Å². The maximum Gasteiger partial charge on any atom is 0.272 e. The van der Waals surface area contributed by atoms with Crippen LogP contribution in [0.5, 0.6) is 0 Å². The molecular formula is C29H30N8OS. The fourth-order valence-corrected chi connectivity index (χ4v) is 4.73. The van der Waals surface area contributed by atoms with Crippen molar-refractivity contribution in [1.29, 1.82) is 0 Å². The molecule has 9 nitrogen and oxygen atoms in total. The van der Waals surface area contributed by atoms with E-state index in [2.05, 4.69) is 62.7 Å². The van der Waals surface area contributed by atoms with Gasteiger partial charge in [0.15, 0.2) is 0 Å². The van der Waals surface area contributed by atoms with Crippen molar-refractivity contribution in [3.63, 3.8) is 0 Å². The largest absolute Gasteiger partial charge is 0.347 e. The molecule has 0 saturated heterocycles. The van der Waals surface area contributed by atoms with Gasteiger partial charge in [-0.05, 0) is 41.3 Å². The number of aryl methyl sites for hydroxylation is 1. The molecule has 1 atom stereocenters. The lowest BCUT2D eigenvalue weighted by Gasteiger charge is -2.16. The maximum absolute atomic E-state index is 13.1. The van der Waals surface area contributed by atoms with Gasteiger partial charge in [-0.25, -0.2) is 0 Å². The topological polar surface area (TPSA) is 114 Å². The minimum Gasteiger partial charge on any atom is -0.347 e. The average molecular weight is 539 g/mol. The molecule has 5 rings (SSSR count). The van der Waals surface area contributed by atoms with Gasteiger partial charge < -0.3 is 5.32 Å². The van der Waals surface area contributed by atoms with E-state index in [1.807, 2.05) is 71.5 Å². The van der Waals surface area contributed by atoms with Gasteiger partial charge in [0.25, 0.3) is 5.91 Å². The monoisotopic (exact) mass is 538 g/mol. The highest BCUT2D eigenvalue weighted by Gasteiger charge is 2.18. The molecule has 2 aromatic carbocycles. The number of H-pyrrole nitrogens is 1. The number of carbonyl (C=O) groups excluding carboxylic acids is 1. The first-order chi connectivity index (χ1) is 19.1. The Kier molecular flexibility index (Phi) is 8.42. The van der Waals surface area contributed by atoms with E-state index >= 15 is 0 Å². The predicted octanol–water partition coefficient (Wildman–Crippen LogP) is 4.40. The van der Waals surface area contributed by atoms with Gasteiger partial charge in [0.2, 0.25) is 5.82 Å². The lowest BCUT2D eigenvalue weighted by atomic mass is 10.0. The molecule has 0 unspecified atom stereocenters. The molecule has 0 fully saturated rings. The number of amides is 1. The second-order valence-corrected chi connectivity index (χ2v) is 9.67. The van der Waals surface area contributed by atoms with Crippen LogP contribution < -0.4 is 5.32 Å². The zero-order valence-electron chi connectivity index (χ0n) is 21.7. The number of nitrogens with zero attached hydrogens (tertiary/aromatic N) is 6. The van der Waals surface area contributed by atoms with Crippen LogP contribution in [0.2, 0.25) is 0 Å². The number of thiol groups is 1. The highest BCUT2D eigenvalue weighted by Crippen LogP contribution is 2.28. The molecule has 3 heterocycles. The smallest absolute Gasteiger partial charge is 0.272 e. The number of carbonyl (C=O) groups is 1. The van der Waals surface area contributed by atoms with Crippen LogP contribution in [-0.4, -0.2) is 53.1 Å². The minimum atomic E-state index is -0.187. The third-order valence-electron chi connectivity index (χ3n) is 6.43. The Balaban J connectivity index is 1.31. The van der Waals surface area contributed by atoms with Crippen LogP contribution in [0.3, 0.4) is 0 Å². The molecule has 0 spiro atoms. The zero-order valence-corrected chi connectivity index (χ0v) is 22.6. The lowest BCUT2D eigenvalue weighted by molar-refractivity contribution is 0.0935. The van der Waals surface area contributed by atoms with Crippen LogP contribution in [0.25, 0.3) is 22.6 Å². The van der Waals surface area contributed by atoms with E-state index in [1.165, 1.54) is 0 Å². The highest BCUT2D eigenvalue weighted by molar-refractivity contribution is 7.80. The summed E-state index contributed by atoms with van der Waals surface area (Å²) in [6, 6.07) is 23.7. The highest BCUT2D eigenvalue weighted by atomic mass is 32.1. The van der Waals surface area contributed by atoms with Gasteiger partial charge in [0, 0.05) is 34.8 Å². The second-order valence-electron chi connectivity index (χ2n) is 9.30. The number of nitrogens with one attached hydrogen (secondary N) is 2. The Labute approximate surface area is 232 Å². The SMILES string of the molecule is CCCc1cc(C(=O)N[C@@H](CS)Cc2ccccc2)nn1Cc1ccc(-c2ccccc2-c2nn[nH]n2)nc1. The zero-order chi connectivity index (χ0) is 27.0. The van der Waals surface area contributed by atoms with Gasteiger partial charge in [-0.3, -0.25) is 14.5 Å². The number of rotatable bonds is 11. The Morgan fingerprint density at radius 2 is 1.82 bits per heavy atom. The number of tetrazole rings is 1. The summed E-state index contributed by atoms with van der Waals surface area (Å²) in [4.78, 5) is 17.8. The number of benzene rings is 2.